The first-order valence-electron chi connectivity index (χ1n) is 30.4. The zero-order valence-corrected chi connectivity index (χ0v) is 48.0. The first kappa shape index (κ1) is 48.8. The highest BCUT2D eigenvalue weighted by molar-refractivity contribution is 6.30. The Labute approximate surface area is 512 Å². The number of nitriles is 1. The van der Waals surface area contributed by atoms with E-state index in [0.717, 1.165) is 127 Å². The maximum atomic E-state index is 9.89. The summed E-state index contributed by atoms with van der Waals surface area (Å²) in [5.41, 5.74) is 14.3. The monoisotopic (exact) mass is 1140 g/mol. The number of furan rings is 2. The van der Waals surface area contributed by atoms with Crippen LogP contribution in [-0.2, 0) is 0 Å². The molecule has 0 aliphatic heterocycles. The molecule has 0 aliphatic carbocycles. The fourth-order valence-corrected chi connectivity index (χ4v) is 15.1. The average molecular weight is 1140 g/mol. The fourth-order valence-electron chi connectivity index (χ4n) is 15.1. The lowest BCUT2D eigenvalue weighted by molar-refractivity contribution is 0.669. The SMILES string of the molecule is N#Cc1ccc(-c2cc(-c3ccc4oc5ccc6c7ccccc7n(-c7ccc8c9ccccc9c9ccccc9c8c7)c6c5c4c3)nc(-c3ccc4oc5ccc6c7ccccc7n(-c7ccc8c9ccccc9c9ccccc9c8c7)c6c5c4c3)n2)cc1. The Morgan fingerprint density at radius 2 is 0.633 bits per heavy atom. The van der Waals surface area contributed by atoms with Crippen molar-refractivity contribution in [3.05, 3.63) is 279 Å². The van der Waals surface area contributed by atoms with Crippen LogP contribution in [-0.4, -0.2) is 19.1 Å². The second kappa shape index (κ2) is 18.3. The summed E-state index contributed by atoms with van der Waals surface area (Å²) in [6, 6.07) is 99.7. The minimum atomic E-state index is 0.556. The molecule has 0 spiro atoms. The number of rotatable bonds is 5. The summed E-state index contributed by atoms with van der Waals surface area (Å²) >= 11 is 0. The molecular formula is C83H45N5O2. The second-order valence-electron chi connectivity index (χ2n) is 23.8. The van der Waals surface area contributed by atoms with Crippen molar-refractivity contribution in [2.45, 2.75) is 0 Å². The highest BCUT2D eigenvalue weighted by atomic mass is 16.3. The van der Waals surface area contributed by atoms with Gasteiger partial charge in [-0.05, 0) is 180 Å². The molecular weight excluding hydrogens is 1100 g/mol. The van der Waals surface area contributed by atoms with Crippen LogP contribution in [0.1, 0.15) is 5.56 Å². The molecule has 90 heavy (non-hydrogen) atoms. The third-order valence-corrected chi connectivity index (χ3v) is 19.1. The Bertz CT molecular complexity index is 6170. The van der Waals surface area contributed by atoms with E-state index in [1.54, 1.807) is 0 Å². The number of hydrogen-bond donors (Lipinski definition) is 0. The molecule has 0 amide bonds. The molecule has 0 bridgehead atoms. The van der Waals surface area contributed by atoms with Crippen LogP contribution in [0.15, 0.2) is 282 Å². The van der Waals surface area contributed by atoms with Crippen LogP contribution in [0.5, 0.6) is 0 Å². The summed E-state index contributed by atoms with van der Waals surface area (Å²) in [5.74, 6) is 0.556. The lowest BCUT2D eigenvalue weighted by atomic mass is 9.94. The van der Waals surface area contributed by atoms with Gasteiger partial charge in [-0.3, -0.25) is 0 Å². The number of aromatic nitrogens is 4. The predicted octanol–water partition coefficient (Wildman–Crippen LogP) is 22.3. The second-order valence-corrected chi connectivity index (χ2v) is 23.8. The fraction of sp³-hybridized carbons (Fsp3) is 0. The number of benzene rings is 15. The molecule has 0 atom stereocenters. The molecule has 5 aromatic heterocycles. The summed E-state index contributed by atoms with van der Waals surface area (Å²) in [6.45, 7) is 0. The Balaban J connectivity index is 0.796. The van der Waals surface area contributed by atoms with Gasteiger partial charge in [-0.1, -0.05) is 158 Å². The van der Waals surface area contributed by atoms with E-state index in [1.807, 2.05) is 24.3 Å². The van der Waals surface area contributed by atoms with Crippen LogP contribution in [0.25, 0.3) is 197 Å². The van der Waals surface area contributed by atoms with E-state index in [-0.39, 0.29) is 0 Å². The van der Waals surface area contributed by atoms with Gasteiger partial charge in [-0.15, -0.1) is 0 Å². The predicted molar refractivity (Wildman–Crippen MR) is 371 cm³/mol. The molecule has 20 rings (SSSR count). The first-order chi connectivity index (χ1) is 44.6. The Hall–Kier alpha value is -12.4. The molecule has 7 nitrogen and oxygen atoms in total. The molecule has 0 unspecified atom stereocenters. The van der Waals surface area contributed by atoms with Gasteiger partial charge in [0.1, 0.15) is 22.3 Å². The number of hydrogen-bond acceptors (Lipinski definition) is 5. The van der Waals surface area contributed by atoms with Crippen molar-refractivity contribution in [3.8, 4) is 51.3 Å². The molecule has 15 aromatic carbocycles. The standard InChI is InChI=1S/C83H45N5O2/c84-46-47-25-27-48(28-26-47)71-45-72(49-29-37-75-69(41-49)79-77(89-75)39-35-65-63-21-9-11-23-73(63)87(81(65)79)51-31-33-61-57-17-3-1-13-53(57)55-15-5-7-19-59(55)67(61)43-51)86-83(85-71)50-30-38-76-70(42-50)80-78(90-76)40-36-66-64-22-10-12-24-74(64)88(82(66)80)52-32-34-62-58-18-4-2-14-54(58)56-16-6-8-20-60(56)68(62)44-52/h1-45H. The van der Waals surface area contributed by atoms with Crippen LogP contribution in [0.3, 0.4) is 0 Å². The molecule has 0 N–H and O–H groups in total. The Morgan fingerprint density at radius 1 is 0.278 bits per heavy atom. The molecule has 414 valence electrons. The van der Waals surface area contributed by atoms with Crippen LogP contribution < -0.4 is 0 Å². The lowest BCUT2D eigenvalue weighted by Gasteiger charge is -2.14. The van der Waals surface area contributed by atoms with Gasteiger partial charge in [-0.25, -0.2) is 9.97 Å². The van der Waals surface area contributed by atoms with Gasteiger partial charge < -0.3 is 18.0 Å². The topological polar surface area (TPSA) is 85.7 Å². The molecule has 0 fully saturated rings. The summed E-state index contributed by atoms with van der Waals surface area (Å²) in [6.07, 6.45) is 0. The summed E-state index contributed by atoms with van der Waals surface area (Å²) in [7, 11) is 0. The maximum absolute atomic E-state index is 9.89. The smallest absolute Gasteiger partial charge is 0.160 e. The number of para-hydroxylation sites is 2. The highest BCUT2D eigenvalue weighted by Crippen LogP contribution is 2.47. The minimum absolute atomic E-state index is 0.556. The first-order valence-corrected chi connectivity index (χ1v) is 30.4. The van der Waals surface area contributed by atoms with E-state index in [1.165, 1.54) is 64.6 Å². The van der Waals surface area contributed by atoms with E-state index in [0.29, 0.717) is 11.4 Å². The van der Waals surface area contributed by atoms with Crippen molar-refractivity contribution in [1.82, 2.24) is 19.1 Å². The van der Waals surface area contributed by atoms with Crippen molar-refractivity contribution >= 4 is 152 Å². The van der Waals surface area contributed by atoms with Gasteiger partial charge >= 0.3 is 0 Å². The van der Waals surface area contributed by atoms with Gasteiger partial charge in [0, 0.05) is 60.4 Å². The van der Waals surface area contributed by atoms with Crippen LogP contribution in [0, 0.1) is 11.3 Å². The van der Waals surface area contributed by atoms with E-state index < -0.39 is 0 Å². The van der Waals surface area contributed by atoms with Gasteiger partial charge in [0.05, 0.1) is 55.9 Å². The van der Waals surface area contributed by atoms with Crippen molar-refractivity contribution in [3.63, 3.8) is 0 Å². The van der Waals surface area contributed by atoms with Gasteiger partial charge in [0.15, 0.2) is 5.82 Å². The van der Waals surface area contributed by atoms with Gasteiger partial charge in [-0.2, -0.15) is 5.26 Å². The van der Waals surface area contributed by atoms with E-state index in [2.05, 4.69) is 264 Å². The zero-order valence-electron chi connectivity index (χ0n) is 48.0. The van der Waals surface area contributed by atoms with Crippen molar-refractivity contribution < 1.29 is 8.83 Å². The molecule has 20 aromatic rings. The molecule has 5 heterocycles. The summed E-state index contributed by atoms with van der Waals surface area (Å²) in [4.78, 5) is 10.9. The lowest BCUT2D eigenvalue weighted by Crippen LogP contribution is -1.96. The van der Waals surface area contributed by atoms with Gasteiger partial charge in [0.2, 0.25) is 0 Å². The Morgan fingerprint density at radius 3 is 1.09 bits per heavy atom. The van der Waals surface area contributed by atoms with Gasteiger partial charge in [0.25, 0.3) is 0 Å². The highest BCUT2D eigenvalue weighted by Gasteiger charge is 2.24. The third kappa shape index (κ3) is 6.87. The number of nitrogens with zero attached hydrogens (tertiary/aromatic N) is 5. The normalized spacial score (nSPS) is 12.2. The molecule has 0 saturated carbocycles. The summed E-state index contributed by atoms with van der Waals surface area (Å²) < 4.78 is 18.5. The number of fused-ring (bicyclic) bond motifs is 26. The van der Waals surface area contributed by atoms with Crippen LogP contribution in [0.2, 0.25) is 0 Å². The van der Waals surface area contributed by atoms with E-state index in [9.17, 15) is 5.26 Å². The minimum Gasteiger partial charge on any atom is -0.456 e. The maximum Gasteiger partial charge on any atom is 0.160 e. The van der Waals surface area contributed by atoms with E-state index >= 15 is 0 Å². The molecule has 0 saturated heterocycles. The van der Waals surface area contributed by atoms with Crippen molar-refractivity contribution in [2.24, 2.45) is 0 Å². The molecule has 0 aliphatic rings. The van der Waals surface area contributed by atoms with Crippen LogP contribution >= 0.6 is 0 Å². The van der Waals surface area contributed by atoms with Crippen LogP contribution in [0.4, 0.5) is 0 Å². The zero-order chi connectivity index (χ0) is 58.9. The van der Waals surface area contributed by atoms with Crippen molar-refractivity contribution in [1.29, 1.82) is 5.26 Å². The third-order valence-electron chi connectivity index (χ3n) is 19.1. The molecule has 0 radical (unpaired) electrons. The quantitative estimate of drug-likeness (QED) is 0.160. The average Bonchev–Trinajstić information content (AvgIpc) is 1.54. The largest absolute Gasteiger partial charge is 0.456 e. The van der Waals surface area contributed by atoms with E-state index in [4.69, 9.17) is 18.8 Å². The van der Waals surface area contributed by atoms with Crippen molar-refractivity contribution in [2.75, 3.05) is 0 Å². The molecule has 7 heteroatoms. The summed E-state index contributed by atoms with van der Waals surface area (Å²) in [5, 5.41) is 33.2. The Kier molecular flexibility index (Phi) is 9.94.